The van der Waals surface area contributed by atoms with Crippen molar-refractivity contribution in [2.75, 3.05) is 23.4 Å². The number of anilines is 3. The molecule has 0 amide bonds. The number of ether oxygens (including phenoxy) is 1. The van der Waals surface area contributed by atoms with Gasteiger partial charge >= 0.3 is 5.97 Å². The summed E-state index contributed by atoms with van der Waals surface area (Å²) in [6.45, 7) is 9.28. The number of benzene rings is 2. The number of rotatable bonds is 11. The Hall–Kier alpha value is -2.73. The zero-order valence-corrected chi connectivity index (χ0v) is 20.3. The number of nitrogens with one attached hydrogen (secondary N) is 1. The molecule has 6 heteroatoms. The Labute approximate surface area is 197 Å². The number of hydrogen-bond acceptors (Lipinski definition) is 5. The Bertz CT molecular complexity index is 921. The SMILES string of the molecule is CCC[C@H](CC(=O)O)c1ccc(N2CCC[C@H]2C(C)(C)O)c(Nc2ccc(OCC)cc2)c1. The highest BCUT2D eigenvalue weighted by Crippen LogP contribution is 2.40. The van der Waals surface area contributed by atoms with E-state index in [0.29, 0.717) is 6.61 Å². The molecule has 0 aliphatic carbocycles. The predicted octanol–water partition coefficient (Wildman–Crippen LogP) is 5.93. The van der Waals surface area contributed by atoms with E-state index in [9.17, 15) is 15.0 Å². The van der Waals surface area contributed by atoms with Crippen LogP contribution in [0.25, 0.3) is 0 Å². The van der Waals surface area contributed by atoms with E-state index in [1.165, 1.54) is 0 Å². The summed E-state index contributed by atoms with van der Waals surface area (Å²) in [4.78, 5) is 13.8. The summed E-state index contributed by atoms with van der Waals surface area (Å²) in [6.07, 6.45) is 3.83. The van der Waals surface area contributed by atoms with Crippen LogP contribution in [-0.2, 0) is 4.79 Å². The summed E-state index contributed by atoms with van der Waals surface area (Å²) in [5.41, 5.74) is 3.10. The lowest BCUT2D eigenvalue weighted by Crippen LogP contribution is -2.46. The smallest absolute Gasteiger partial charge is 0.303 e. The van der Waals surface area contributed by atoms with Crippen molar-refractivity contribution in [2.45, 2.75) is 77.4 Å². The summed E-state index contributed by atoms with van der Waals surface area (Å²) in [6, 6.07) is 14.1. The number of aliphatic carboxylic acids is 1. The minimum Gasteiger partial charge on any atom is -0.494 e. The van der Waals surface area contributed by atoms with Crippen molar-refractivity contribution in [1.29, 1.82) is 0 Å². The molecule has 3 N–H and O–H groups in total. The van der Waals surface area contributed by atoms with Crippen LogP contribution in [0.1, 0.15) is 71.3 Å². The second-order valence-electron chi connectivity index (χ2n) is 9.45. The Kier molecular flexibility index (Phi) is 8.25. The molecule has 0 bridgehead atoms. The Morgan fingerprint density at radius 2 is 1.94 bits per heavy atom. The van der Waals surface area contributed by atoms with Gasteiger partial charge in [-0.05, 0) is 87.9 Å². The molecule has 1 heterocycles. The molecule has 2 atom stereocenters. The lowest BCUT2D eigenvalue weighted by Gasteiger charge is -2.36. The normalized spacial score (nSPS) is 17.1. The lowest BCUT2D eigenvalue weighted by molar-refractivity contribution is -0.137. The van der Waals surface area contributed by atoms with E-state index < -0.39 is 11.6 Å². The molecular formula is C27H38N2O4. The Morgan fingerprint density at radius 1 is 1.21 bits per heavy atom. The predicted molar refractivity (Wildman–Crippen MR) is 134 cm³/mol. The number of hydrogen-bond donors (Lipinski definition) is 3. The third-order valence-corrected chi connectivity index (χ3v) is 6.37. The van der Waals surface area contributed by atoms with Gasteiger partial charge in [0.05, 0.1) is 36.0 Å². The van der Waals surface area contributed by atoms with Crippen molar-refractivity contribution in [3.05, 3.63) is 48.0 Å². The number of carboxylic acid groups (broad SMARTS) is 1. The molecule has 6 nitrogen and oxygen atoms in total. The highest BCUT2D eigenvalue weighted by molar-refractivity contribution is 5.77. The average molecular weight is 455 g/mol. The zero-order chi connectivity index (χ0) is 24.0. The van der Waals surface area contributed by atoms with Gasteiger partial charge in [-0.1, -0.05) is 19.4 Å². The van der Waals surface area contributed by atoms with E-state index in [2.05, 4.69) is 35.3 Å². The lowest BCUT2D eigenvalue weighted by atomic mass is 9.90. The van der Waals surface area contributed by atoms with Crippen LogP contribution in [0, 0.1) is 0 Å². The maximum atomic E-state index is 11.5. The first-order chi connectivity index (χ1) is 15.7. The molecule has 1 saturated heterocycles. The van der Waals surface area contributed by atoms with Crippen molar-refractivity contribution in [2.24, 2.45) is 0 Å². The zero-order valence-electron chi connectivity index (χ0n) is 20.3. The van der Waals surface area contributed by atoms with Crippen LogP contribution in [0.15, 0.2) is 42.5 Å². The molecule has 0 saturated carbocycles. The molecule has 3 rings (SSSR count). The van der Waals surface area contributed by atoms with Crippen LogP contribution in [0.2, 0.25) is 0 Å². The minimum atomic E-state index is -0.820. The van der Waals surface area contributed by atoms with Crippen LogP contribution in [0.5, 0.6) is 5.75 Å². The van der Waals surface area contributed by atoms with E-state index in [-0.39, 0.29) is 18.4 Å². The van der Waals surface area contributed by atoms with E-state index in [1.807, 2.05) is 45.0 Å². The van der Waals surface area contributed by atoms with Crippen molar-refractivity contribution >= 4 is 23.0 Å². The molecule has 0 radical (unpaired) electrons. The van der Waals surface area contributed by atoms with Gasteiger partial charge in [0.2, 0.25) is 0 Å². The monoisotopic (exact) mass is 454 g/mol. The molecule has 0 aromatic heterocycles. The average Bonchev–Trinajstić information content (AvgIpc) is 3.25. The third kappa shape index (κ3) is 6.41. The fourth-order valence-electron chi connectivity index (χ4n) is 4.85. The van der Waals surface area contributed by atoms with E-state index in [0.717, 1.165) is 60.6 Å². The molecule has 1 fully saturated rings. The minimum absolute atomic E-state index is 0.0229. The highest BCUT2D eigenvalue weighted by atomic mass is 16.5. The quantitative estimate of drug-likeness (QED) is 0.391. The topological polar surface area (TPSA) is 82.0 Å². The second-order valence-corrected chi connectivity index (χ2v) is 9.45. The molecular weight excluding hydrogens is 416 g/mol. The number of carbonyl (C=O) groups is 1. The number of aliphatic hydroxyl groups is 1. The first-order valence-electron chi connectivity index (χ1n) is 12.1. The van der Waals surface area contributed by atoms with Gasteiger partial charge in [-0.15, -0.1) is 0 Å². The molecule has 0 spiro atoms. The largest absolute Gasteiger partial charge is 0.494 e. The highest BCUT2D eigenvalue weighted by Gasteiger charge is 2.37. The van der Waals surface area contributed by atoms with Crippen molar-refractivity contribution in [3.8, 4) is 5.75 Å². The Balaban J connectivity index is 2.00. The number of nitrogens with zero attached hydrogens (tertiary/aromatic N) is 1. The van der Waals surface area contributed by atoms with Gasteiger partial charge in [0.1, 0.15) is 5.75 Å². The van der Waals surface area contributed by atoms with Crippen LogP contribution in [0.4, 0.5) is 17.1 Å². The van der Waals surface area contributed by atoms with Gasteiger partial charge in [0.25, 0.3) is 0 Å². The van der Waals surface area contributed by atoms with Gasteiger partial charge < -0.3 is 25.2 Å². The van der Waals surface area contributed by atoms with E-state index >= 15 is 0 Å². The molecule has 2 aromatic carbocycles. The summed E-state index contributed by atoms with van der Waals surface area (Å²) in [7, 11) is 0. The van der Waals surface area contributed by atoms with Crippen molar-refractivity contribution < 1.29 is 19.7 Å². The first-order valence-corrected chi connectivity index (χ1v) is 12.1. The van der Waals surface area contributed by atoms with Crippen LogP contribution >= 0.6 is 0 Å². The summed E-state index contributed by atoms with van der Waals surface area (Å²) >= 11 is 0. The number of carboxylic acids is 1. The standard InChI is InChI=1S/C27H38N2O4/c1-5-8-19(18-26(30)31)20-10-15-24(29-16-7-9-25(29)27(3,4)32)23(17-20)28-21-11-13-22(14-12-21)33-6-2/h10-15,17,19,25,28,32H,5-9,16,18H2,1-4H3,(H,30,31)/t19-,25+/m1/s1. The molecule has 1 aliphatic heterocycles. The van der Waals surface area contributed by atoms with Crippen molar-refractivity contribution in [3.63, 3.8) is 0 Å². The van der Waals surface area contributed by atoms with Gasteiger partial charge in [0.15, 0.2) is 0 Å². The fourth-order valence-corrected chi connectivity index (χ4v) is 4.85. The van der Waals surface area contributed by atoms with E-state index in [1.54, 1.807) is 0 Å². The van der Waals surface area contributed by atoms with Gasteiger partial charge in [-0.25, -0.2) is 0 Å². The summed E-state index contributed by atoms with van der Waals surface area (Å²) in [5.74, 6) is 0.00871. The maximum absolute atomic E-state index is 11.5. The Morgan fingerprint density at radius 3 is 2.55 bits per heavy atom. The third-order valence-electron chi connectivity index (χ3n) is 6.37. The summed E-state index contributed by atoms with van der Waals surface area (Å²) in [5, 5.41) is 23.8. The second kappa shape index (κ2) is 10.9. The first kappa shape index (κ1) is 24.9. The molecule has 180 valence electrons. The van der Waals surface area contributed by atoms with Gasteiger partial charge in [0, 0.05) is 12.2 Å². The molecule has 33 heavy (non-hydrogen) atoms. The van der Waals surface area contributed by atoms with Gasteiger partial charge in [-0.2, -0.15) is 0 Å². The van der Waals surface area contributed by atoms with Crippen LogP contribution in [0.3, 0.4) is 0 Å². The van der Waals surface area contributed by atoms with Crippen LogP contribution in [-0.4, -0.2) is 41.0 Å². The maximum Gasteiger partial charge on any atom is 0.303 e. The summed E-state index contributed by atoms with van der Waals surface area (Å²) < 4.78 is 5.56. The molecule has 1 aliphatic rings. The van der Waals surface area contributed by atoms with E-state index in [4.69, 9.17) is 4.74 Å². The molecule has 0 unspecified atom stereocenters. The van der Waals surface area contributed by atoms with Gasteiger partial charge in [-0.3, -0.25) is 4.79 Å². The van der Waals surface area contributed by atoms with Crippen LogP contribution < -0.4 is 15.0 Å². The molecule has 2 aromatic rings. The van der Waals surface area contributed by atoms with Crippen molar-refractivity contribution in [1.82, 2.24) is 0 Å². The fraction of sp³-hybridized carbons (Fsp3) is 0.519.